The molecular formula is C19H25F3N2O3. The second-order valence-electron chi connectivity index (χ2n) is 7.16. The average molecular weight is 386 g/mol. The van der Waals surface area contributed by atoms with Gasteiger partial charge in [0.25, 0.3) is 0 Å². The number of carbonyl (C=O) groups is 1. The van der Waals surface area contributed by atoms with Crippen molar-refractivity contribution in [3.05, 3.63) is 23.8 Å². The van der Waals surface area contributed by atoms with Gasteiger partial charge in [-0.05, 0) is 43.4 Å². The minimum atomic E-state index is -4.41. The maximum absolute atomic E-state index is 12.6. The van der Waals surface area contributed by atoms with Gasteiger partial charge in [-0.1, -0.05) is 6.07 Å². The largest absolute Gasteiger partial charge is 0.493 e. The van der Waals surface area contributed by atoms with E-state index in [0.29, 0.717) is 24.9 Å². The summed E-state index contributed by atoms with van der Waals surface area (Å²) in [4.78, 5) is 14.5. The highest BCUT2D eigenvalue weighted by Crippen LogP contribution is 2.30. The third-order valence-corrected chi connectivity index (χ3v) is 5.12. The lowest BCUT2D eigenvalue weighted by molar-refractivity contribution is -0.153. The van der Waals surface area contributed by atoms with Gasteiger partial charge in [-0.3, -0.25) is 4.79 Å². The first-order chi connectivity index (χ1) is 12.8. The van der Waals surface area contributed by atoms with Crippen molar-refractivity contribution in [2.24, 2.45) is 0 Å². The lowest BCUT2D eigenvalue weighted by Gasteiger charge is -2.24. The Morgan fingerprint density at radius 2 is 2.00 bits per heavy atom. The molecule has 2 fully saturated rings. The number of hydrogen-bond donors (Lipinski definition) is 1. The Morgan fingerprint density at radius 1 is 1.22 bits per heavy atom. The smallest absolute Gasteiger partial charge is 0.422 e. The van der Waals surface area contributed by atoms with Gasteiger partial charge in [0.1, 0.15) is 0 Å². The van der Waals surface area contributed by atoms with Gasteiger partial charge in [-0.15, -0.1) is 0 Å². The number of benzene rings is 1. The highest BCUT2D eigenvalue weighted by atomic mass is 19.4. The van der Waals surface area contributed by atoms with Crippen molar-refractivity contribution in [1.29, 1.82) is 0 Å². The van der Waals surface area contributed by atoms with Crippen LogP contribution in [0.5, 0.6) is 11.5 Å². The summed E-state index contributed by atoms with van der Waals surface area (Å²) in [7, 11) is 1.38. The van der Waals surface area contributed by atoms with E-state index in [1.54, 1.807) is 12.1 Å². The van der Waals surface area contributed by atoms with E-state index >= 15 is 0 Å². The maximum Gasteiger partial charge on any atom is 0.422 e. The molecule has 1 N–H and O–H groups in total. The summed E-state index contributed by atoms with van der Waals surface area (Å²) in [5, 5.41) is 3.55. The molecule has 1 aromatic carbocycles. The summed E-state index contributed by atoms with van der Waals surface area (Å²) < 4.78 is 46.9. The first-order valence-electron chi connectivity index (χ1n) is 9.24. The third kappa shape index (κ3) is 5.51. The van der Waals surface area contributed by atoms with E-state index in [0.717, 1.165) is 31.5 Å². The predicted molar refractivity (Wildman–Crippen MR) is 94.0 cm³/mol. The number of aryl methyl sites for hydroxylation is 1. The van der Waals surface area contributed by atoms with E-state index in [1.807, 2.05) is 4.90 Å². The van der Waals surface area contributed by atoms with Crippen molar-refractivity contribution < 1.29 is 27.4 Å². The number of fused-ring (bicyclic) bond motifs is 2. The van der Waals surface area contributed by atoms with Crippen LogP contribution < -0.4 is 14.8 Å². The first kappa shape index (κ1) is 19.8. The minimum Gasteiger partial charge on any atom is -0.493 e. The lowest BCUT2D eigenvalue weighted by Crippen LogP contribution is -2.39. The molecule has 3 rings (SSSR count). The quantitative estimate of drug-likeness (QED) is 0.817. The van der Waals surface area contributed by atoms with Crippen LogP contribution in [0.1, 0.15) is 31.2 Å². The van der Waals surface area contributed by atoms with Gasteiger partial charge in [-0.2, -0.15) is 13.2 Å². The van der Waals surface area contributed by atoms with E-state index in [-0.39, 0.29) is 17.4 Å². The number of hydrogen-bond acceptors (Lipinski definition) is 4. The highest BCUT2D eigenvalue weighted by molar-refractivity contribution is 5.76. The molecule has 2 bridgehead atoms. The van der Waals surface area contributed by atoms with Gasteiger partial charge in [0.05, 0.1) is 7.11 Å². The van der Waals surface area contributed by atoms with Gasteiger partial charge < -0.3 is 19.7 Å². The first-order valence-corrected chi connectivity index (χ1v) is 9.24. The van der Waals surface area contributed by atoms with Crippen molar-refractivity contribution in [2.75, 3.05) is 26.8 Å². The fraction of sp³-hybridized carbons (Fsp3) is 0.632. The van der Waals surface area contributed by atoms with Crippen molar-refractivity contribution in [1.82, 2.24) is 10.2 Å². The standard InChI is InChI=1S/C19H25F3N2O3/c1-26-17-10-13(2-6-16(17)27-12-19(20,21)22)3-7-18(25)24-9-8-14-4-5-15(11-24)23-14/h2,6,10,14-15,23H,3-5,7-9,11-12H2,1H3. The Hall–Kier alpha value is -1.96. The van der Waals surface area contributed by atoms with Gasteiger partial charge >= 0.3 is 6.18 Å². The van der Waals surface area contributed by atoms with E-state index in [9.17, 15) is 18.0 Å². The molecule has 2 aliphatic rings. The van der Waals surface area contributed by atoms with Gasteiger partial charge in [0.2, 0.25) is 5.91 Å². The zero-order valence-electron chi connectivity index (χ0n) is 15.3. The number of halogens is 3. The van der Waals surface area contributed by atoms with E-state index in [1.165, 1.54) is 19.6 Å². The molecule has 2 aliphatic heterocycles. The minimum absolute atomic E-state index is 0.0412. The molecule has 8 heteroatoms. The Morgan fingerprint density at radius 3 is 2.74 bits per heavy atom. The third-order valence-electron chi connectivity index (χ3n) is 5.12. The zero-order chi connectivity index (χ0) is 19.4. The number of ether oxygens (including phenoxy) is 2. The molecule has 0 aliphatic carbocycles. The van der Waals surface area contributed by atoms with E-state index in [4.69, 9.17) is 9.47 Å². The Kier molecular flexibility index (Phi) is 6.14. The van der Waals surface area contributed by atoms with E-state index in [2.05, 4.69) is 5.32 Å². The Balaban J connectivity index is 1.55. The topological polar surface area (TPSA) is 50.8 Å². The van der Waals surface area contributed by atoms with Crippen LogP contribution in [-0.2, 0) is 11.2 Å². The number of amides is 1. The number of likely N-dealkylation sites (tertiary alicyclic amines) is 1. The normalized spacial score (nSPS) is 22.4. The fourth-order valence-electron chi connectivity index (χ4n) is 3.73. The molecule has 150 valence electrons. The SMILES string of the molecule is COc1cc(CCC(=O)N2CCC3CCC(C2)N3)ccc1OCC(F)(F)F. The molecule has 0 radical (unpaired) electrons. The van der Waals surface area contributed by atoms with Gasteiger partial charge in [-0.25, -0.2) is 0 Å². The molecule has 0 saturated carbocycles. The van der Waals surface area contributed by atoms with Crippen LogP contribution in [0.15, 0.2) is 18.2 Å². The van der Waals surface area contributed by atoms with Crippen molar-refractivity contribution >= 4 is 5.91 Å². The summed E-state index contributed by atoms with van der Waals surface area (Å²) in [6.45, 7) is 0.162. The highest BCUT2D eigenvalue weighted by Gasteiger charge is 2.31. The monoisotopic (exact) mass is 386 g/mol. The molecule has 0 aromatic heterocycles. The van der Waals surface area contributed by atoms with Crippen LogP contribution in [0, 0.1) is 0 Å². The fourth-order valence-corrected chi connectivity index (χ4v) is 3.73. The lowest BCUT2D eigenvalue weighted by atomic mass is 10.1. The van der Waals surface area contributed by atoms with Gasteiger partial charge in [0, 0.05) is 31.6 Å². The van der Waals surface area contributed by atoms with Crippen LogP contribution in [-0.4, -0.2) is 55.9 Å². The second-order valence-corrected chi connectivity index (χ2v) is 7.16. The van der Waals surface area contributed by atoms with Crippen LogP contribution in [0.4, 0.5) is 13.2 Å². The molecule has 2 heterocycles. The maximum atomic E-state index is 12.6. The van der Waals surface area contributed by atoms with Crippen LogP contribution >= 0.6 is 0 Å². The van der Waals surface area contributed by atoms with Crippen LogP contribution in [0.3, 0.4) is 0 Å². The Labute approximate surface area is 156 Å². The molecule has 2 atom stereocenters. The van der Waals surface area contributed by atoms with Crippen molar-refractivity contribution in [3.8, 4) is 11.5 Å². The number of carbonyl (C=O) groups excluding carboxylic acids is 1. The zero-order valence-corrected chi connectivity index (χ0v) is 15.3. The second kappa shape index (κ2) is 8.37. The molecule has 1 aromatic rings. The van der Waals surface area contributed by atoms with Crippen LogP contribution in [0.25, 0.3) is 0 Å². The summed E-state index contributed by atoms with van der Waals surface area (Å²) in [6.07, 6.45) is -0.241. The van der Waals surface area contributed by atoms with Crippen LogP contribution in [0.2, 0.25) is 0 Å². The average Bonchev–Trinajstić information content (AvgIpc) is 2.96. The summed E-state index contributed by atoms with van der Waals surface area (Å²) in [6, 6.07) is 5.69. The van der Waals surface area contributed by atoms with Gasteiger partial charge in [0.15, 0.2) is 18.1 Å². The molecule has 1 amide bonds. The predicted octanol–water partition coefficient (Wildman–Crippen LogP) is 2.92. The molecule has 2 unspecified atom stereocenters. The summed E-state index contributed by atoms with van der Waals surface area (Å²) >= 11 is 0. The summed E-state index contributed by atoms with van der Waals surface area (Å²) in [5.74, 6) is 0.390. The van der Waals surface area contributed by atoms with Crippen molar-refractivity contribution in [3.63, 3.8) is 0 Å². The number of rotatable bonds is 6. The number of nitrogens with zero attached hydrogens (tertiary/aromatic N) is 1. The number of nitrogens with one attached hydrogen (secondary N) is 1. The molecular weight excluding hydrogens is 361 g/mol. The summed E-state index contributed by atoms with van der Waals surface area (Å²) in [5.41, 5.74) is 0.828. The van der Waals surface area contributed by atoms with Crippen molar-refractivity contribution in [2.45, 2.75) is 50.4 Å². The number of methoxy groups -OCH3 is 1. The molecule has 0 spiro atoms. The van der Waals surface area contributed by atoms with E-state index < -0.39 is 12.8 Å². The molecule has 5 nitrogen and oxygen atoms in total. The Bertz CT molecular complexity index is 666. The number of alkyl halides is 3. The molecule has 2 saturated heterocycles. The molecule has 27 heavy (non-hydrogen) atoms.